The highest BCUT2D eigenvalue weighted by molar-refractivity contribution is 7.18. The second-order valence-corrected chi connectivity index (χ2v) is 7.08. The van der Waals surface area contributed by atoms with Gasteiger partial charge in [-0.05, 0) is 39.2 Å². The number of hydrogen-bond acceptors (Lipinski definition) is 6. The molecule has 1 atom stereocenters. The summed E-state index contributed by atoms with van der Waals surface area (Å²) >= 11 is 1.66. The van der Waals surface area contributed by atoms with E-state index in [1.165, 1.54) is 10.4 Å². The lowest BCUT2D eigenvalue weighted by Gasteiger charge is -2.12. The molecule has 0 saturated carbocycles. The second-order valence-electron chi connectivity index (χ2n) is 5.88. The third-order valence-corrected chi connectivity index (χ3v) is 5.21. The molecule has 1 fully saturated rings. The van der Waals surface area contributed by atoms with E-state index in [-0.39, 0.29) is 18.6 Å². The van der Waals surface area contributed by atoms with Crippen LogP contribution in [0.2, 0.25) is 0 Å². The Morgan fingerprint density at radius 2 is 2.17 bits per heavy atom. The average Bonchev–Trinajstić information content (AvgIpc) is 3.12. The molecule has 124 valence electrons. The molecule has 0 spiro atoms. The van der Waals surface area contributed by atoms with Crippen LogP contribution >= 0.6 is 11.3 Å². The molecule has 0 radical (unpaired) electrons. The van der Waals surface area contributed by atoms with E-state index in [1.807, 2.05) is 6.92 Å². The molecule has 3 rings (SSSR count). The number of nitrogens with one attached hydrogen (secondary N) is 2. The van der Waals surface area contributed by atoms with Gasteiger partial charge < -0.3 is 15.4 Å². The highest BCUT2D eigenvalue weighted by atomic mass is 32.1. The maximum Gasteiger partial charge on any atom is 0.239 e. The molecule has 6 nitrogen and oxygen atoms in total. The van der Waals surface area contributed by atoms with E-state index in [2.05, 4.69) is 34.4 Å². The van der Waals surface area contributed by atoms with Crippen LogP contribution < -0.4 is 10.6 Å². The molecule has 2 aromatic rings. The molecule has 1 amide bonds. The molecule has 2 aromatic heterocycles. The number of thiophene rings is 1. The van der Waals surface area contributed by atoms with E-state index >= 15 is 0 Å². The first-order valence-corrected chi connectivity index (χ1v) is 8.72. The summed E-state index contributed by atoms with van der Waals surface area (Å²) in [6.07, 6.45) is 2.26. The Morgan fingerprint density at radius 1 is 1.35 bits per heavy atom. The van der Waals surface area contributed by atoms with Gasteiger partial charge in [0, 0.05) is 18.0 Å². The molecule has 23 heavy (non-hydrogen) atoms. The summed E-state index contributed by atoms with van der Waals surface area (Å²) < 4.78 is 5.50. The van der Waals surface area contributed by atoms with Crippen LogP contribution in [0, 0.1) is 20.8 Å². The van der Waals surface area contributed by atoms with Crippen LogP contribution in [-0.4, -0.2) is 41.7 Å². The lowest BCUT2D eigenvalue weighted by Crippen LogP contribution is -2.35. The van der Waals surface area contributed by atoms with Crippen molar-refractivity contribution in [2.45, 2.75) is 39.7 Å². The summed E-state index contributed by atoms with van der Waals surface area (Å²) in [7, 11) is 0. The largest absolute Gasteiger partial charge is 0.376 e. The Labute approximate surface area is 139 Å². The average molecular weight is 334 g/mol. The molecular weight excluding hydrogens is 312 g/mol. The van der Waals surface area contributed by atoms with Crippen molar-refractivity contribution in [2.24, 2.45) is 0 Å². The Kier molecular flexibility index (Phi) is 4.77. The Balaban J connectivity index is 1.65. The van der Waals surface area contributed by atoms with Crippen molar-refractivity contribution >= 4 is 33.3 Å². The highest BCUT2D eigenvalue weighted by Gasteiger charge is 2.17. The summed E-state index contributed by atoms with van der Waals surface area (Å²) in [5.41, 5.74) is 1.17. The van der Waals surface area contributed by atoms with Crippen molar-refractivity contribution in [1.82, 2.24) is 15.3 Å². The lowest BCUT2D eigenvalue weighted by atomic mass is 10.2. The molecule has 1 unspecified atom stereocenters. The van der Waals surface area contributed by atoms with Crippen molar-refractivity contribution in [3.05, 3.63) is 16.3 Å². The van der Waals surface area contributed by atoms with Gasteiger partial charge in [0.25, 0.3) is 0 Å². The fourth-order valence-corrected chi connectivity index (χ4v) is 3.82. The molecular formula is C16H22N4O2S. The normalized spacial score (nSPS) is 17.6. The van der Waals surface area contributed by atoms with Crippen molar-refractivity contribution in [3.63, 3.8) is 0 Å². The number of rotatable bonds is 5. The quantitative estimate of drug-likeness (QED) is 0.877. The van der Waals surface area contributed by atoms with Gasteiger partial charge in [0.05, 0.1) is 18.0 Å². The minimum atomic E-state index is -0.0467. The molecule has 7 heteroatoms. The van der Waals surface area contributed by atoms with E-state index in [1.54, 1.807) is 11.3 Å². The predicted molar refractivity (Wildman–Crippen MR) is 92.1 cm³/mol. The number of aromatic nitrogens is 2. The molecule has 2 N–H and O–H groups in total. The molecule has 0 aromatic carbocycles. The number of fused-ring (bicyclic) bond motifs is 1. The van der Waals surface area contributed by atoms with E-state index < -0.39 is 0 Å². The van der Waals surface area contributed by atoms with E-state index in [0.717, 1.165) is 35.5 Å². The van der Waals surface area contributed by atoms with Gasteiger partial charge in [-0.25, -0.2) is 9.97 Å². The monoisotopic (exact) mass is 334 g/mol. The first kappa shape index (κ1) is 16.1. The SMILES string of the molecule is Cc1nc(NCC(=O)NCC2CCCO2)c2c(C)c(C)sc2n1. The van der Waals surface area contributed by atoms with Crippen molar-refractivity contribution < 1.29 is 9.53 Å². The smallest absolute Gasteiger partial charge is 0.239 e. The van der Waals surface area contributed by atoms with Gasteiger partial charge in [0.1, 0.15) is 16.5 Å². The van der Waals surface area contributed by atoms with Gasteiger partial charge >= 0.3 is 0 Å². The van der Waals surface area contributed by atoms with Gasteiger partial charge in [0.15, 0.2) is 0 Å². The maximum absolute atomic E-state index is 12.0. The van der Waals surface area contributed by atoms with Crippen molar-refractivity contribution in [2.75, 3.05) is 25.0 Å². The summed E-state index contributed by atoms with van der Waals surface area (Å²) in [6.45, 7) is 7.59. The number of nitrogens with zero attached hydrogens (tertiary/aromatic N) is 2. The topological polar surface area (TPSA) is 76.1 Å². The molecule has 1 aliphatic heterocycles. The molecule has 0 aliphatic carbocycles. The van der Waals surface area contributed by atoms with Crippen LogP contribution in [0.1, 0.15) is 29.1 Å². The van der Waals surface area contributed by atoms with E-state index in [9.17, 15) is 4.79 Å². The zero-order valence-electron chi connectivity index (χ0n) is 13.7. The van der Waals surface area contributed by atoms with Gasteiger partial charge in [-0.15, -0.1) is 11.3 Å². The number of ether oxygens (including phenoxy) is 1. The minimum absolute atomic E-state index is 0.0467. The van der Waals surface area contributed by atoms with Crippen LogP contribution in [0.5, 0.6) is 0 Å². The third kappa shape index (κ3) is 3.61. The van der Waals surface area contributed by atoms with Crippen LogP contribution in [0.15, 0.2) is 0 Å². The second kappa shape index (κ2) is 6.80. The van der Waals surface area contributed by atoms with Gasteiger partial charge in [-0.1, -0.05) is 0 Å². The van der Waals surface area contributed by atoms with Crippen LogP contribution in [0.25, 0.3) is 10.2 Å². The van der Waals surface area contributed by atoms with Crippen molar-refractivity contribution in [3.8, 4) is 0 Å². The summed E-state index contributed by atoms with van der Waals surface area (Å²) in [4.78, 5) is 23.2. The van der Waals surface area contributed by atoms with E-state index in [0.29, 0.717) is 12.4 Å². The summed E-state index contributed by atoms with van der Waals surface area (Å²) in [5, 5.41) is 7.09. The number of amides is 1. The Hall–Kier alpha value is -1.73. The van der Waals surface area contributed by atoms with Gasteiger partial charge in [-0.3, -0.25) is 4.79 Å². The predicted octanol–water partition coefficient (Wildman–Crippen LogP) is 2.32. The first-order valence-electron chi connectivity index (χ1n) is 7.91. The number of carbonyl (C=O) groups excluding carboxylic acids is 1. The van der Waals surface area contributed by atoms with Crippen LogP contribution in [0.4, 0.5) is 5.82 Å². The minimum Gasteiger partial charge on any atom is -0.376 e. The van der Waals surface area contributed by atoms with E-state index in [4.69, 9.17) is 4.74 Å². The lowest BCUT2D eigenvalue weighted by molar-refractivity contribution is -0.119. The zero-order chi connectivity index (χ0) is 16.4. The van der Waals surface area contributed by atoms with Crippen molar-refractivity contribution in [1.29, 1.82) is 0 Å². The summed E-state index contributed by atoms with van der Waals surface area (Å²) in [5.74, 6) is 1.40. The van der Waals surface area contributed by atoms with Crippen LogP contribution in [0.3, 0.4) is 0 Å². The summed E-state index contributed by atoms with van der Waals surface area (Å²) in [6, 6.07) is 0. The highest BCUT2D eigenvalue weighted by Crippen LogP contribution is 2.32. The molecule has 1 saturated heterocycles. The molecule has 3 heterocycles. The third-order valence-electron chi connectivity index (χ3n) is 4.11. The zero-order valence-corrected chi connectivity index (χ0v) is 14.5. The fourth-order valence-electron chi connectivity index (χ4n) is 2.74. The van der Waals surface area contributed by atoms with Crippen LogP contribution in [-0.2, 0) is 9.53 Å². The molecule has 1 aliphatic rings. The number of aryl methyl sites for hydroxylation is 3. The number of anilines is 1. The Morgan fingerprint density at radius 3 is 2.91 bits per heavy atom. The standard InChI is InChI=1S/C16H22N4O2S/c1-9-10(2)23-16-14(9)15(19-11(3)20-16)18-8-13(21)17-7-12-5-4-6-22-12/h12H,4-8H2,1-3H3,(H,17,21)(H,18,19,20). The Bertz CT molecular complexity index is 722. The number of carbonyl (C=O) groups is 1. The first-order chi connectivity index (χ1) is 11.0. The number of hydrogen-bond donors (Lipinski definition) is 2. The van der Waals surface area contributed by atoms with Gasteiger partial charge in [0.2, 0.25) is 5.91 Å². The fraction of sp³-hybridized carbons (Fsp3) is 0.562. The van der Waals surface area contributed by atoms with Gasteiger partial charge in [-0.2, -0.15) is 0 Å². The molecule has 0 bridgehead atoms. The maximum atomic E-state index is 12.0.